The van der Waals surface area contributed by atoms with Crippen molar-refractivity contribution in [3.8, 4) is 0 Å². The van der Waals surface area contributed by atoms with E-state index in [4.69, 9.17) is 0 Å². The van der Waals surface area contributed by atoms with Crippen LogP contribution in [-0.4, -0.2) is 41.3 Å². The zero-order valence-corrected chi connectivity index (χ0v) is 17.1. The molecule has 0 unspecified atom stereocenters. The van der Waals surface area contributed by atoms with Gasteiger partial charge in [-0.2, -0.15) is 0 Å². The van der Waals surface area contributed by atoms with E-state index in [0.717, 1.165) is 36.2 Å². The van der Waals surface area contributed by atoms with E-state index >= 15 is 0 Å². The molecule has 0 atom stereocenters. The van der Waals surface area contributed by atoms with E-state index in [1.165, 1.54) is 0 Å². The number of aliphatic imine (C=N–C) groups is 1. The Kier molecular flexibility index (Phi) is 11.0. The summed E-state index contributed by atoms with van der Waals surface area (Å²) in [5.41, 5.74) is 0.411. The maximum Gasteiger partial charge on any atom is 0.191 e. The molecule has 0 radical (unpaired) electrons. The molecule has 0 saturated carbocycles. The number of guanidine groups is 1. The highest BCUT2D eigenvalue weighted by atomic mass is 127. The average Bonchev–Trinajstić information content (AvgIpc) is 2.90. The first-order valence-corrected chi connectivity index (χ1v) is 8.56. The van der Waals surface area contributed by atoms with Crippen molar-refractivity contribution in [2.45, 2.75) is 52.6 Å². The third-order valence-electron chi connectivity index (χ3n) is 3.53. The Hall–Kier alpha value is -0.410. The van der Waals surface area contributed by atoms with Crippen LogP contribution < -0.4 is 10.6 Å². The second-order valence-electron chi connectivity index (χ2n) is 5.16. The van der Waals surface area contributed by atoms with Gasteiger partial charge in [0.2, 0.25) is 0 Å². The molecule has 3 N–H and O–H groups in total. The van der Waals surface area contributed by atoms with Crippen LogP contribution in [0.25, 0.3) is 0 Å². The quantitative estimate of drug-likeness (QED) is 0.330. The van der Waals surface area contributed by atoms with Crippen LogP contribution in [-0.2, 0) is 6.42 Å². The van der Waals surface area contributed by atoms with Crippen molar-refractivity contribution in [3.05, 3.63) is 16.1 Å². The zero-order chi connectivity index (χ0) is 15.7. The van der Waals surface area contributed by atoms with Gasteiger partial charge in [0.15, 0.2) is 5.96 Å². The lowest BCUT2D eigenvalue weighted by Gasteiger charge is -2.23. The van der Waals surface area contributed by atoms with Crippen molar-refractivity contribution >= 4 is 41.3 Å². The van der Waals surface area contributed by atoms with Gasteiger partial charge in [0, 0.05) is 24.9 Å². The maximum absolute atomic E-state index is 10.3. The summed E-state index contributed by atoms with van der Waals surface area (Å²) >= 11 is 1.68. The normalized spacial score (nSPS) is 12.0. The minimum Gasteiger partial charge on any atom is -0.388 e. The fraction of sp³-hybridized carbons (Fsp3) is 0.733. The topological polar surface area (TPSA) is 69.5 Å². The lowest BCUT2D eigenvalue weighted by molar-refractivity contribution is 0.0418. The van der Waals surface area contributed by atoms with Gasteiger partial charge in [0.25, 0.3) is 0 Å². The van der Waals surface area contributed by atoms with E-state index in [-0.39, 0.29) is 24.0 Å². The van der Waals surface area contributed by atoms with Gasteiger partial charge in [0.05, 0.1) is 22.8 Å². The van der Waals surface area contributed by atoms with E-state index in [9.17, 15) is 5.11 Å². The Labute approximate surface area is 155 Å². The predicted molar refractivity (Wildman–Crippen MR) is 105 cm³/mol. The van der Waals surface area contributed by atoms with Crippen LogP contribution in [0.2, 0.25) is 0 Å². The van der Waals surface area contributed by atoms with Crippen LogP contribution in [0.4, 0.5) is 0 Å². The van der Waals surface area contributed by atoms with Gasteiger partial charge >= 0.3 is 0 Å². The molecule has 128 valence electrons. The minimum atomic E-state index is -0.700. The van der Waals surface area contributed by atoms with Crippen LogP contribution in [0.15, 0.2) is 10.4 Å². The van der Waals surface area contributed by atoms with Gasteiger partial charge in [-0.25, -0.2) is 4.98 Å². The number of aromatic nitrogens is 1. The Morgan fingerprint density at radius 1 is 1.32 bits per heavy atom. The molecule has 0 saturated heterocycles. The standard InChI is InChI=1S/C15H28N4OS.HI/c1-5-15(20,6-2)11-18-14(16-7-3)17-9-8-13-10-21-12(4)19-13;/h10,20H,5-9,11H2,1-4H3,(H2,16,17,18);1H. The average molecular weight is 440 g/mol. The van der Waals surface area contributed by atoms with Gasteiger partial charge in [0.1, 0.15) is 0 Å². The SMILES string of the molecule is CCNC(=NCC(O)(CC)CC)NCCc1csc(C)n1.I. The molecule has 1 heterocycles. The highest BCUT2D eigenvalue weighted by Crippen LogP contribution is 2.14. The Morgan fingerprint density at radius 2 is 2.00 bits per heavy atom. The number of rotatable bonds is 8. The molecule has 5 nitrogen and oxygen atoms in total. The van der Waals surface area contributed by atoms with Crippen LogP contribution in [0.5, 0.6) is 0 Å². The summed E-state index contributed by atoms with van der Waals surface area (Å²) in [4.78, 5) is 8.93. The van der Waals surface area contributed by atoms with Crippen molar-refractivity contribution in [1.82, 2.24) is 15.6 Å². The highest BCUT2D eigenvalue weighted by Gasteiger charge is 2.21. The van der Waals surface area contributed by atoms with Gasteiger partial charge in [-0.15, -0.1) is 35.3 Å². The molecule has 0 amide bonds. The third kappa shape index (κ3) is 7.73. The van der Waals surface area contributed by atoms with E-state index in [2.05, 4.69) is 26.0 Å². The molecule has 22 heavy (non-hydrogen) atoms. The van der Waals surface area contributed by atoms with Crippen LogP contribution in [0, 0.1) is 6.92 Å². The van der Waals surface area contributed by atoms with Crippen LogP contribution in [0.1, 0.15) is 44.3 Å². The smallest absolute Gasteiger partial charge is 0.191 e. The van der Waals surface area contributed by atoms with Gasteiger partial charge in [-0.1, -0.05) is 13.8 Å². The van der Waals surface area contributed by atoms with Crippen LogP contribution in [0.3, 0.4) is 0 Å². The number of aryl methyl sites for hydroxylation is 1. The van der Waals surface area contributed by atoms with Crippen LogP contribution >= 0.6 is 35.3 Å². The second kappa shape index (κ2) is 11.2. The lowest BCUT2D eigenvalue weighted by Crippen LogP contribution is -2.40. The number of hydrogen-bond acceptors (Lipinski definition) is 4. The number of halogens is 1. The fourth-order valence-electron chi connectivity index (χ4n) is 1.87. The molecular formula is C15H29IN4OS. The minimum absolute atomic E-state index is 0. The Morgan fingerprint density at radius 3 is 2.50 bits per heavy atom. The van der Waals surface area contributed by atoms with Gasteiger partial charge in [-0.3, -0.25) is 4.99 Å². The molecule has 0 aliphatic carbocycles. The molecule has 1 rings (SSSR count). The number of nitrogens with one attached hydrogen (secondary N) is 2. The molecule has 1 aromatic heterocycles. The Balaban J connectivity index is 0.00000441. The van der Waals surface area contributed by atoms with Crippen molar-refractivity contribution in [2.24, 2.45) is 4.99 Å². The van der Waals surface area contributed by atoms with Crippen molar-refractivity contribution in [2.75, 3.05) is 19.6 Å². The third-order valence-corrected chi connectivity index (χ3v) is 4.35. The number of hydrogen-bond donors (Lipinski definition) is 3. The summed E-state index contributed by atoms with van der Waals surface area (Å²) in [6.07, 6.45) is 2.30. The molecule has 1 aromatic rings. The largest absolute Gasteiger partial charge is 0.388 e. The Bertz CT molecular complexity index is 447. The second-order valence-corrected chi connectivity index (χ2v) is 6.22. The predicted octanol–water partition coefficient (Wildman–Crippen LogP) is 2.72. The van der Waals surface area contributed by atoms with Crippen molar-refractivity contribution in [1.29, 1.82) is 0 Å². The molecule has 0 fully saturated rings. The summed E-state index contributed by atoms with van der Waals surface area (Å²) < 4.78 is 0. The first-order valence-electron chi connectivity index (χ1n) is 7.68. The van der Waals surface area contributed by atoms with Gasteiger partial charge < -0.3 is 15.7 Å². The van der Waals surface area contributed by atoms with Gasteiger partial charge in [-0.05, 0) is 26.7 Å². The first kappa shape index (κ1) is 21.6. The van der Waals surface area contributed by atoms with Crippen molar-refractivity contribution < 1.29 is 5.11 Å². The monoisotopic (exact) mass is 440 g/mol. The summed E-state index contributed by atoms with van der Waals surface area (Å²) in [7, 11) is 0. The van der Waals surface area contributed by atoms with E-state index in [0.29, 0.717) is 19.4 Å². The maximum atomic E-state index is 10.3. The first-order chi connectivity index (χ1) is 10.0. The molecule has 0 aromatic carbocycles. The van der Waals surface area contributed by atoms with Crippen molar-refractivity contribution in [3.63, 3.8) is 0 Å². The molecule has 0 aliphatic heterocycles. The summed E-state index contributed by atoms with van der Waals surface area (Å²) in [6.45, 7) is 10.0. The molecule has 0 spiro atoms. The molecule has 0 aliphatic rings. The van der Waals surface area contributed by atoms with E-state index in [1.54, 1.807) is 11.3 Å². The van der Waals surface area contributed by atoms with E-state index < -0.39 is 5.60 Å². The molecular weight excluding hydrogens is 411 g/mol. The summed E-state index contributed by atoms with van der Waals surface area (Å²) in [6, 6.07) is 0. The number of aliphatic hydroxyl groups is 1. The molecule has 0 bridgehead atoms. The number of thiazole rings is 1. The zero-order valence-electron chi connectivity index (χ0n) is 14.0. The number of nitrogens with zero attached hydrogens (tertiary/aromatic N) is 2. The summed E-state index contributed by atoms with van der Waals surface area (Å²) in [5.74, 6) is 0.754. The van der Waals surface area contributed by atoms with E-state index in [1.807, 2.05) is 27.7 Å². The highest BCUT2D eigenvalue weighted by molar-refractivity contribution is 14.0. The lowest BCUT2D eigenvalue weighted by atomic mass is 9.98. The summed E-state index contributed by atoms with van der Waals surface area (Å²) in [5, 5.41) is 20.0. The molecule has 7 heteroatoms. The fourth-order valence-corrected chi connectivity index (χ4v) is 2.52.